The van der Waals surface area contributed by atoms with Crippen LogP contribution in [0.3, 0.4) is 0 Å². The predicted octanol–water partition coefficient (Wildman–Crippen LogP) is 1.66. The number of aliphatic hydroxyl groups is 1. The van der Waals surface area contributed by atoms with E-state index in [1.807, 2.05) is 0 Å². The second-order valence-corrected chi connectivity index (χ2v) is 6.21. The molecule has 1 N–H and O–H groups in total. The third kappa shape index (κ3) is 2.82. The van der Waals surface area contributed by atoms with Gasteiger partial charge in [0.05, 0.1) is 19.8 Å². The minimum Gasteiger partial charge on any atom is -0.493 e. The predicted molar refractivity (Wildman–Crippen MR) is 77.8 cm³/mol. The molecule has 0 fully saturated rings. The van der Waals surface area contributed by atoms with Crippen molar-refractivity contribution in [2.24, 2.45) is 0 Å². The zero-order chi connectivity index (χ0) is 13.9. The molecule has 1 aromatic heterocycles. The van der Waals surface area contributed by atoms with Gasteiger partial charge in [0.1, 0.15) is 5.75 Å². The van der Waals surface area contributed by atoms with Gasteiger partial charge in [-0.05, 0) is 28.1 Å². The molecule has 0 unspecified atom stereocenters. The number of aliphatic hydroxyl groups excluding tert-OH is 1. The molecule has 0 saturated heterocycles. The number of hydrogen-bond acceptors (Lipinski definition) is 6. The van der Waals surface area contributed by atoms with Gasteiger partial charge in [-0.1, -0.05) is 27.7 Å². The molecule has 1 aromatic carbocycles. The summed E-state index contributed by atoms with van der Waals surface area (Å²) in [4.78, 5) is 0. The summed E-state index contributed by atoms with van der Waals surface area (Å²) in [5.41, 5.74) is 2.38. The standard InChI is InChI=1S/C12H13BrN4O2S/c13-10-5-8-1-4-19-11(8)9(6-10)7-20-12-14-15-16-17(12)2-3-18/h5-6,18H,1-4,7H2. The molecule has 0 spiro atoms. The summed E-state index contributed by atoms with van der Waals surface area (Å²) in [6.45, 7) is 1.17. The van der Waals surface area contributed by atoms with Crippen LogP contribution in [0.25, 0.3) is 0 Å². The van der Waals surface area contributed by atoms with E-state index >= 15 is 0 Å². The van der Waals surface area contributed by atoms with Crippen molar-refractivity contribution in [2.45, 2.75) is 23.9 Å². The number of ether oxygens (including phenoxy) is 1. The summed E-state index contributed by atoms with van der Waals surface area (Å²) < 4.78 is 8.36. The Labute approximate surface area is 128 Å². The largest absolute Gasteiger partial charge is 0.493 e. The number of thioether (sulfide) groups is 1. The summed E-state index contributed by atoms with van der Waals surface area (Å²) in [7, 11) is 0. The van der Waals surface area contributed by atoms with Crippen LogP contribution in [-0.4, -0.2) is 38.5 Å². The zero-order valence-electron chi connectivity index (χ0n) is 10.6. The highest BCUT2D eigenvalue weighted by Crippen LogP contribution is 2.36. The van der Waals surface area contributed by atoms with Gasteiger partial charge in [-0.3, -0.25) is 0 Å². The molecule has 0 amide bonds. The van der Waals surface area contributed by atoms with Crippen LogP contribution in [0.2, 0.25) is 0 Å². The molecule has 0 atom stereocenters. The normalized spacial score (nSPS) is 13.3. The van der Waals surface area contributed by atoms with Crippen molar-refractivity contribution < 1.29 is 9.84 Å². The maximum absolute atomic E-state index is 8.96. The minimum absolute atomic E-state index is 0.0218. The molecule has 2 aromatic rings. The first-order chi connectivity index (χ1) is 9.78. The van der Waals surface area contributed by atoms with Crippen molar-refractivity contribution >= 4 is 27.7 Å². The van der Waals surface area contributed by atoms with Crippen LogP contribution >= 0.6 is 27.7 Å². The fraction of sp³-hybridized carbons (Fsp3) is 0.417. The molecule has 0 bridgehead atoms. The van der Waals surface area contributed by atoms with Gasteiger partial charge < -0.3 is 9.84 Å². The third-order valence-corrected chi connectivity index (χ3v) is 4.46. The quantitative estimate of drug-likeness (QED) is 0.821. The Morgan fingerprint density at radius 2 is 2.35 bits per heavy atom. The zero-order valence-corrected chi connectivity index (χ0v) is 13.0. The first kappa shape index (κ1) is 13.8. The second kappa shape index (κ2) is 6.11. The van der Waals surface area contributed by atoms with Gasteiger partial charge in [-0.15, -0.1) is 5.10 Å². The molecular weight excluding hydrogens is 344 g/mol. The number of fused-ring (bicyclic) bond motifs is 1. The molecule has 20 heavy (non-hydrogen) atoms. The van der Waals surface area contributed by atoms with Crippen molar-refractivity contribution in [3.05, 3.63) is 27.7 Å². The minimum atomic E-state index is 0.0218. The molecule has 0 aliphatic carbocycles. The van der Waals surface area contributed by atoms with Crippen LogP contribution < -0.4 is 4.74 Å². The summed E-state index contributed by atoms with van der Waals surface area (Å²) >= 11 is 5.07. The van der Waals surface area contributed by atoms with Gasteiger partial charge >= 0.3 is 0 Å². The SMILES string of the molecule is OCCn1nnnc1SCc1cc(Br)cc2c1OCC2. The Hall–Kier alpha value is -1.12. The molecule has 0 radical (unpaired) electrons. The van der Waals surface area contributed by atoms with E-state index in [0.29, 0.717) is 11.7 Å². The van der Waals surface area contributed by atoms with Crippen LogP contribution in [0.5, 0.6) is 5.75 Å². The van der Waals surface area contributed by atoms with Crippen molar-refractivity contribution in [1.82, 2.24) is 20.2 Å². The first-order valence-electron chi connectivity index (χ1n) is 6.22. The highest BCUT2D eigenvalue weighted by molar-refractivity contribution is 9.10. The average Bonchev–Trinajstić information content (AvgIpc) is 3.05. The molecule has 1 aliphatic heterocycles. The van der Waals surface area contributed by atoms with Crippen molar-refractivity contribution in [3.8, 4) is 5.75 Å². The van der Waals surface area contributed by atoms with E-state index < -0.39 is 0 Å². The van der Waals surface area contributed by atoms with Gasteiger partial charge in [-0.2, -0.15) is 0 Å². The Morgan fingerprint density at radius 3 is 3.20 bits per heavy atom. The molecule has 6 nitrogen and oxygen atoms in total. The summed E-state index contributed by atoms with van der Waals surface area (Å²) in [6.07, 6.45) is 0.953. The number of tetrazole rings is 1. The van der Waals surface area contributed by atoms with Gasteiger partial charge in [0.2, 0.25) is 5.16 Å². The molecular formula is C12H13BrN4O2S. The van der Waals surface area contributed by atoms with Crippen LogP contribution in [-0.2, 0) is 18.7 Å². The van der Waals surface area contributed by atoms with Crippen molar-refractivity contribution in [1.29, 1.82) is 0 Å². The Bertz CT molecular complexity index is 619. The summed E-state index contributed by atoms with van der Waals surface area (Å²) in [6, 6.07) is 4.17. The maximum Gasteiger partial charge on any atom is 0.209 e. The molecule has 2 heterocycles. The Morgan fingerprint density at radius 1 is 1.45 bits per heavy atom. The number of benzene rings is 1. The number of nitrogens with zero attached hydrogens (tertiary/aromatic N) is 4. The highest BCUT2D eigenvalue weighted by Gasteiger charge is 2.18. The Balaban J connectivity index is 1.77. The molecule has 3 rings (SSSR count). The topological polar surface area (TPSA) is 73.1 Å². The second-order valence-electron chi connectivity index (χ2n) is 4.35. The van der Waals surface area contributed by atoms with E-state index in [9.17, 15) is 0 Å². The van der Waals surface area contributed by atoms with Crippen molar-refractivity contribution in [2.75, 3.05) is 13.2 Å². The van der Waals surface area contributed by atoms with E-state index in [2.05, 4.69) is 43.6 Å². The lowest BCUT2D eigenvalue weighted by Crippen LogP contribution is -2.05. The van der Waals surface area contributed by atoms with Crippen LogP contribution in [0.4, 0.5) is 0 Å². The maximum atomic E-state index is 8.96. The fourth-order valence-electron chi connectivity index (χ4n) is 2.13. The lowest BCUT2D eigenvalue weighted by Gasteiger charge is -2.08. The molecule has 106 valence electrons. The van der Waals surface area contributed by atoms with Crippen LogP contribution in [0.15, 0.2) is 21.8 Å². The van der Waals surface area contributed by atoms with Crippen LogP contribution in [0, 0.1) is 0 Å². The smallest absolute Gasteiger partial charge is 0.209 e. The summed E-state index contributed by atoms with van der Waals surface area (Å²) in [5, 5.41) is 21.1. The Kier molecular flexibility index (Phi) is 4.23. The third-order valence-electron chi connectivity index (χ3n) is 2.99. The van der Waals surface area contributed by atoms with Gasteiger partial charge in [-0.25, -0.2) is 4.68 Å². The molecule has 1 aliphatic rings. The number of aromatic nitrogens is 4. The summed E-state index contributed by atoms with van der Waals surface area (Å²) in [5.74, 6) is 1.72. The fourth-order valence-corrected chi connectivity index (χ4v) is 3.55. The first-order valence-corrected chi connectivity index (χ1v) is 7.99. The lowest BCUT2D eigenvalue weighted by molar-refractivity contribution is 0.262. The van der Waals surface area contributed by atoms with Gasteiger partial charge in [0.15, 0.2) is 0 Å². The van der Waals surface area contributed by atoms with E-state index in [0.717, 1.165) is 34.6 Å². The monoisotopic (exact) mass is 356 g/mol. The van der Waals surface area contributed by atoms with E-state index in [1.165, 1.54) is 17.3 Å². The molecule has 8 heteroatoms. The lowest BCUT2D eigenvalue weighted by atomic mass is 10.1. The van der Waals surface area contributed by atoms with Gasteiger partial charge in [0.25, 0.3) is 0 Å². The van der Waals surface area contributed by atoms with E-state index in [-0.39, 0.29) is 6.61 Å². The number of hydrogen-bond donors (Lipinski definition) is 1. The van der Waals surface area contributed by atoms with E-state index in [1.54, 1.807) is 4.68 Å². The van der Waals surface area contributed by atoms with Crippen molar-refractivity contribution in [3.63, 3.8) is 0 Å². The average molecular weight is 357 g/mol. The number of rotatable bonds is 5. The highest BCUT2D eigenvalue weighted by atomic mass is 79.9. The van der Waals surface area contributed by atoms with Crippen LogP contribution in [0.1, 0.15) is 11.1 Å². The molecule has 0 saturated carbocycles. The van der Waals surface area contributed by atoms with E-state index in [4.69, 9.17) is 9.84 Å². The number of halogens is 1. The van der Waals surface area contributed by atoms with Gasteiger partial charge in [0, 0.05) is 22.2 Å².